The van der Waals surface area contributed by atoms with Gasteiger partial charge in [-0.25, -0.2) is 0 Å². The average Bonchev–Trinajstić information content (AvgIpc) is 3.23. The smallest absolute Gasteiger partial charge is 0.173 e. The van der Waals surface area contributed by atoms with Crippen molar-refractivity contribution in [2.45, 2.75) is 39.7 Å². The number of methoxy groups -OCH3 is 1. The highest BCUT2D eigenvalue weighted by Crippen LogP contribution is 2.31. The fourth-order valence-corrected chi connectivity index (χ4v) is 4.36. The largest absolute Gasteiger partial charge is 0.495 e. The van der Waals surface area contributed by atoms with Crippen molar-refractivity contribution in [3.05, 3.63) is 46.9 Å². The summed E-state index contributed by atoms with van der Waals surface area (Å²) in [6.07, 6.45) is 5.39. The standard InChI is InChI=1S/C23H32ClN3O2S/c1-17-7-4-9-26(15-17)10-6-11-27(16-19-8-5-12-29-19)23(30)25-21-13-18(2)20(24)14-22(21)28-3/h5,8,12-14,17H,4,6-7,9-11,15-16H2,1-3H3,(H,25,30)/t17-/m0/s1. The summed E-state index contributed by atoms with van der Waals surface area (Å²) in [5.74, 6) is 2.36. The molecule has 1 aliphatic rings. The number of ether oxygens (including phenoxy) is 1. The first kappa shape index (κ1) is 22.9. The number of piperidine rings is 1. The number of anilines is 1. The molecule has 3 rings (SSSR count). The van der Waals surface area contributed by atoms with Gasteiger partial charge in [0.1, 0.15) is 11.5 Å². The van der Waals surface area contributed by atoms with Gasteiger partial charge in [-0.2, -0.15) is 0 Å². The van der Waals surface area contributed by atoms with Crippen molar-refractivity contribution < 1.29 is 9.15 Å². The molecule has 1 N–H and O–H groups in total. The summed E-state index contributed by atoms with van der Waals surface area (Å²) in [5.41, 5.74) is 1.79. The minimum Gasteiger partial charge on any atom is -0.495 e. The molecule has 0 spiro atoms. The predicted octanol–water partition coefficient (Wildman–Crippen LogP) is 5.57. The Bertz CT molecular complexity index is 828. The molecule has 5 nitrogen and oxygen atoms in total. The van der Waals surface area contributed by atoms with Crippen molar-refractivity contribution in [3.63, 3.8) is 0 Å². The van der Waals surface area contributed by atoms with Crippen LogP contribution in [0.2, 0.25) is 5.02 Å². The molecule has 7 heteroatoms. The van der Waals surface area contributed by atoms with Gasteiger partial charge in [0.15, 0.2) is 5.11 Å². The molecule has 164 valence electrons. The quantitative estimate of drug-likeness (QED) is 0.531. The number of halogens is 1. The second kappa shape index (κ2) is 11.0. The van der Waals surface area contributed by atoms with Crippen LogP contribution in [-0.2, 0) is 6.54 Å². The maximum atomic E-state index is 6.24. The molecule has 0 saturated carbocycles. The number of nitrogens with one attached hydrogen (secondary N) is 1. The predicted molar refractivity (Wildman–Crippen MR) is 128 cm³/mol. The third kappa shape index (κ3) is 6.37. The van der Waals surface area contributed by atoms with Crippen molar-refractivity contribution in [3.8, 4) is 5.75 Å². The molecule has 1 aromatic carbocycles. The van der Waals surface area contributed by atoms with E-state index in [0.29, 0.717) is 22.4 Å². The molecule has 1 saturated heterocycles. The third-order valence-electron chi connectivity index (χ3n) is 5.58. The summed E-state index contributed by atoms with van der Waals surface area (Å²) >= 11 is 12.0. The number of nitrogens with zero attached hydrogens (tertiary/aromatic N) is 2. The van der Waals surface area contributed by atoms with Crippen molar-refractivity contribution in [1.82, 2.24) is 9.80 Å². The Morgan fingerprint density at radius 1 is 1.43 bits per heavy atom. The van der Waals surface area contributed by atoms with Gasteiger partial charge in [-0.05, 0) is 81.2 Å². The van der Waals surface area contributed by atoms with E-state index in [1.807, 2.05) is 31.2 Å². The molecule has 2 heterocycles. The molecule has 2 aromatic rings. The Labute approximate surface area is 190 Å². The van der Waals surface area contributed by atoms with E-state index in [1.165, 1.54) is 25.9 Å². The van der Waals surface area contributed by atoms with Gasteiger partial charge in [0.05, 0.1) is 25.6 Å². The van der Waals surface area contributed by atoms with Crippen LogP contribution >= 0.6 is 23.8 Å². The first-order chi connectivity index (χ1) is 14.5. The Morgan fingerprint density at radius 3 is 2.97 bits per heavy atom. The number of rotatable bonds is 8. The fourth-order valence-electron chi connectivity index (χ4n) is 3.94. The molecule has 1 fully saturated rings. The van der Waals surface area contributed by atoms with Crippen LogP contribution in [-0.4, -0.2) is 48.2 Å². The topological polar surface area (TPSA) is 40.9 Å². The number of likely N-dealkylation sites (tertiary alicyclic amines) is 1. The van der Waals surface area contributed by atoms with Crippen LogP contribution in [0.25, 0.3) is 0 Å². The minimum atomic E-state index is 0.629. The van der Waals surface area contributed by atoms with Crippen LogP contribution in [0.4, 0.5) is 5.69 Å². The van der Waals surface area contributed by atoms with Gasteiger partial charge in [0, 0.05) is 24.2 Å². The number of furan rings is 1. The Hall–Kier alpha value is -1.76. The molecule has 1 aromatic heterocycles. The highest BCUT2D eigenvalue weighted by Gasteiger charge is 2.18. The zero-order valence-electron chi connectivity index (χ0n) is 18.1. The molecular formula is C23H32ClN3O2S. The molecular weight excluding hydrogens is 418 g/mol. The number of aryl methyl sites for hydroxylation is 1. The van der Waals surface area contributed by atoms with E-state index >= 15 is 0 Å². The summed E-state index contributed by atoms with van der Waals surface area (Å²) in [4.78, 5) is 4.73. The van der Waals surface area contributed by atoms with Crippen LogP contribution in [0.1, 0.15) is 37.5 Å². The van der Waals surface area contributed by atoms with E-state index < -0.39 is 0 Å². The van der Waals surface area contributed by atoms with Crippen LogP contribution in [0.3, 0.4) is 0 Å². The molecule has 0 amide bonds. The number of thiocarbonyl (C=S) groups is 1. The van der Waals surface area contributed by atoms with Crippen molar-refractivity contribution in [2.75, 3.05) is 38.6 Å². The van der Waals surface area contributed by atoms with E-state index in [-0.39, 0.29) is 0 Å². The molecule has 30 heavy (non-hydrogen) atoms. The number of hydrogen-bond acceptors (Lipinski definition) is 4. The molecule has 1 aliphatic heterocycles. The van der Waals surface area contributed by atoms with E-state index in [1.54, 1.807) is 13.4 Å². The monoisotopic (exact) mass is 449 g/mol. The average molecular weight is 450 g/mol. The summed E-state index contributed by atoms with van der Waals surface area (Å²) in [6.45, 7) is 9.28. The van der Waals surface area contributed by atoms with Crippen LogP contribution in [0.15, 0.2) is 34.9 Å². The number of hydrogen-bond donors (Lipinski definition) is 1. The van der Waals surface area contributed by atoms with Gasteiger partial charge in [-0.15, -0.1) is 0 Å². The van der Waals surface area contributed by atoms with Gasteiger partial charge in [-0.1, -0.05) is 18.5 Å². The van der Waals surface area contributed by atoms with E-state index in [4.69, 9.17) is 33.0 Å². The lowest BCUT2D eigenvalue weighted by Crippen LogP contribution is -2.39. The lowest BCUT2D eigenvalue weighted by Gasteiger charge is -2.32. The fraction of sp³-hybridized carbons (Fsp3) is 0.522. The maximum Gasteiger partial charge on any atom is 0.173 e. The highest BCUT2D eigenvalue weighted by molar-refractivity contribution is 7.80. The van der Waals surface area contributed by atoms with Crippen LogP contribution < -0.4 is 10.1 Å². The van der Waals surface area contributed by atoms with Crippen LogP contribution in [0, 0.1) is 12.8 Å². The Balaban J connectivity index is 1.65. The zero-order chi connectivity index (χ0) is 21.5. The van der Waals surface area contributed by atoms with Crippen LogP contribution in [0.5, 0.6) is 5.75 Å². The second-order valence-electron chi connectivity index (χ2n) is 8.13. The van der Waals surface area contributed by atoms with Gasteiger partial charge in [0.2, 0.25) is 0 Å². The normalized spacial score (nSPS) is 17.0. The van der Waals surface area contributed by atoms with E-state index in [9.17, 15) is 0 Å². The number of benzene rings is 1. The first-order valence-corrected chi connectivity index (χ1v) is 11.4. The van der Waals surface area contributed by atoms with Gasteiger partial charge >= 0.3 is 0 Å². The summed E-state index contributed by atoms with van der Waals surface area (Å²) < 4.78 is 11.1. The molecule has 0 radical (unpaired) electrons. The van der Waals surface area contributed by atoms with Crippen molar-refractivity contribution >= 4 is 34.6 Å². The van der Waals surface area contributed by atoms with Gasteiger partial charge < -0.3 is 24.3 Å². The van der Waals surface area contributed by atoms with Crippen molar-refractivity contribution in [1.29, 1.82) is 0 Å². The maximum absolute atomic E-state index is 6.24. The Morgan fingerprint density at radius 2 is 2.27 bits per heavy atom. The lowest BCUT2D eigenvalue weighted by atomic mass is 10.0. The molecule has 1 atom stereocenters. The molecule has 0 aliphatic carbocycles. The third-order valence-corrected chi connectivity index (χ3v) is 6.35. The van der Waals surface area contributed by atoms with Gasteiger partial charge in [-0.3, -0.25) is 0 Å². The summed E-state index contributed by atoms with van der Waals surface area (Å²) in [6, 6.07) is 7.67. The molecule has 0 unspecified atom stereocenters. The molecule has 0 bridgehead atoms. The Kier molecular flexibility index (Phi) is 8.42. The van der Waals surface area contributed by atoms with Crippen molar-refractivity contribution in [2.24, 2.45) is 5.92 Å². The first-order valence-electron chi connectivity index (χ1n) is 10.6. The van der Waals surface area contributed by atoms with Gasteiger partial charge in [0.25, 0.3) is 0 Å². The highest BCUT2D eigenvalue weighted by atomic mass is 35.5. The SMILES string of the molecule is COc1cc(Cl)c(C)cc1NC(=S)N(CCCN1CCC[C@H](C)C1)Cc1ccco1. The summed E-state index contributed by atoms with van der Waals surface area (Å²) in [5, 5.41) is 4.68. The minimum absolute atomic E-state index is 0.629. The van der Waals surface area contributed by atoms with E-state index in [0.717, 1.165) is 42.4 Å². The zero-order valence-corrected chi connectivity index (χ0v) is 19.7. The lowest BCUT2D eigenvalue weighted by molar-refractivity contribution is 0.177. The van der Waals surface area contributed by atoms with E-state index in [2.05, 4.69) is 22.0 Å². The second-order valence-corrected chi connectivity index (χ2v) is 8.93. The summed E-state index contributed by atoms with van der Waals surface area (Å²) in [7, 11) is 1.63.